The molecule has 0 saturated heterocycles. The van der Waals surface area contributed by atoms with Crippen molar-refractivity contribution >= 4 is 38.9 Å². The van der Waals surface area contributed by atoms with E-state index in [2.05, 4.69) is 26.2 Å². The summed E-state index contributed by atoms with van der Waals surface area (Å²) in [4.78, 5) is 18.5. The molecule has 4 nitrogen and oxygen atoms in total. The minimum absolute atomic E-state index is 0.0596. The van der Waals surface area contributed by atoms with E-state index in [1.807, 2.05) is 29.6 Å². The summed E-state index contributed by atoms with van der Waals surface area (Å²) >= 11 is 4.93. The van der Waals surface area contributed by atoms with Crippen LogP contribution in [0.4, 0.5) is 18.9 Å². The summed E-state index contributed by atoms with van der Waals surface area (Å²) in [5, 5.41) is 5.11. The zero-order valence-corrected chi connectivity index (χ0v) is 17.7. The molecule has 0 atom stereocenters. The number of hydrogen-bond acceptors (Lipinski definition) is 4. The SMILES string of the molecule is CN(CC(=O)Nc1ccccc1C(F)(F)F)Cc1csc(-c2cccc(Br)c2)n1. The third kappa shape index (κ3) is 5.88. The van der Waals surface area contributed by atoms with Gasteiger partial charge in [-0.25, -0.2) is 4.98 Å². The highest BCUT2D eigenvalue weighted by Crippen LogP contribution is 2.34. The Labute approximate surface area is 178 Å². The molecule has 3 rings (SSSR count). The number of anilines is 1. The van der Waals surface area contributed by atoms with Crippen molar-refractivity contribution in [3.05, 3.63) is 69.6 Å². The second kappa shape index (κ2) is 9.06. The molecule has 0 aliphatic rings. The molecule has 1 amide bonds. The normalized spacial score (nSPS) is 11.7. The van der Waals surface area contributed by atoms with Gasteiger partial charge in [-0.2, -0.15) is 13.2 Å². The van der Waals surface area contributed by atoms with E-state index in [-0.39, 0.29) is 12.2 Å². The molecule has 1 N–H and O–H groups in total. The van der Waals surface area contributed by atoms with E-state index in [1.165, 1.54) is 29.5 Å². The Bertz CT molecular complexity index is 1010. The topological polar surface area (TPSA) is 45.2 Å². The maximum absolute atomic E-state index is 13.0. The fourth-order valence-electron chi connectivity index (χ4n) is 2.74. The number of rotatable bonds is 6. The Morgan fingerprint density at radius 3 is 2.69 bits per heavy atom. The Kier molecular flexibility index (Phi) is 6.71. The van der Waals surface area contributed by atoms with Crippen LogP contribution in [0, 0.1) is 0 Å². The number of aromatic nitrogens is 1. The quantitative estimate of drug-likeness (QED) is 0.491. The standard InChI is InChI=1S/C20H17BrF3N3OS/c1-27(10-15-12-29-19(25-15)13-5-4-6-14(21)9-13)11-18(28)26-17-8-3-2-7-16(17)20(22,23)24/h2-9,12H,10-11H2,1H3,(H,26,28). The van der Waals surface area contributed by atoms with Gasteiger partial charge in [0.05, 0.1) is 23.5 Å². The number of halogens is 4. The number of para-hydroxylation sites is 1. The van der Waals surface area contributed by atoms with Crippen LogP contribution in [0.5, 0.6) is 0 Å². The van der Waals surface area contributed by atoms with Crippen molar-refractivity contribution < 1.29 is 18.0 Å². The second-order valence-corrected chi connectivity index (χ2v) is 8.19. The Hall–Kier alpha value is -2.23. The Morgan fingerprint density at radius 2 is 1.97 bits per heavy atom. The van der Waals surface area contributed by atoms with E-state index in [1.54, 1.807) is 11.9 Å². The highest BCUT2D eigenvalue weighted by molar-refractivity contribution is 9.10. The van der Waals surface area contributed by atoms with Gasteiger partial charge < -0.3 is 5.32 Å². The van der Waals surface area contributed by atoms with Gasteiger partial charge in [0.15, 0.2) is 0 Å². The first-order valence-corrected chi connectivity index (χ1v) is 10.2. The maximum Gasteiger partial charge on any atom is 0.418 e. The molecule has 0 unspecified atom stereocenters. The number of likely N-dealkylation sites (N-methyl/N-ethyl adjacent to an activating group) is 1. The van der Waals surface area contributed by atoms with Crippen molar-refractivity contribution in [3.63, 3.8) is 0 Å². The molecule has 0 aliphatic carbocycles. The number of carbonyl (C=O) groups excluding carboxylic acids is 1. The Balaban J connectivity index is 1.60. The molecule has 0 spiro atoms. The summed E-state index contributed by atoms with van der Waals surface area (Å²) in [5.41, 5.74) is 0.661. The summed E-state index contributed by atoms with van der Waals surface area (Å²) in [7, 11) is 1.72. The molecule has 0 saturated carbocycles. The van der Waals surface area contributed by atoms with E-state index in [0.29, 0.717) is 6.54 Å². The fourth-order valence-corrected chi connectivity index (χ4v) is 3.95. The minimum Gasteiger partial charge on any atom is -0.324 e. The first-order valence-electron chi connectivity index (χ1n) is 8.57. The molecule has 2 aromatic carbocycles. The molecule has 152 valence electrons. The van der Waals surface area contributed by atoms with Crippen LogP contribution < -0.4 is 5.32 Å². The van der Waals surface area contributed by atoms with Crippen LogP contribution in [0.3, 0.4) is 0 Å². The molecule has 9 heteroatoms. The number of benzene rings is 2. The van der Waals surface area contributed by atoms with Gasteiger partial charge >= 0.3 is 6.18 Å². The number of nitrogens with zero attached hydrogens (tertiary/aromatic N) is 2. The third-order valence-corrected chi connectivity index (χ3v) is 5.41. The van der Waals surface area contributed by atoms with Crippen LogP contribution in [-0.2, 0) is 17.5 Å². The van der Waals surface area contributed by atoms with Crippen LogP contribution >= 0.6 is 27.3 Å². The van der Waals surface area contributed by atoms with E-state index < -0.39 is 17.6 Å². The van der Waals surface area contributed by atoms with Crippen LogP contribution in [0.15, 0.2) is 58.4 Å². The summed E-state index contributed by atoms with van der Waals surface area (Å²) in [5.74, 6) is -0.522. The highest BCUT2D eigenvalue weighted by atomic mass is 79.9. The lowest BCUT2D eigenvalue weighted by Crippen LogP contribution is -2.30. The lowest BCUT2D eigenvalue weighted by Gasteiger charge is -2.17. The van der Waals surface area contributed by atoms with Gasteiger partial charge in [-0.1, -0.05) is 40.2 Å². The van der Waals surface area contributed by atoms with Gasteiger partial charge in [-0.3, -0.25) is 9.69 Å². The van der Waals surface area contributed by atoms with Gasteiger partial charge in [0, 0.05) is 22.0 Å². The molecule has 1 heterocycles. The van der Waals surface area contributed by atoms with Crippen molar-refractivity contribution in [2.75, 3.05) is 18.9 Å². The molecule has 29 heavy (non-hydrogen) atoms. The zero-order valence-electron chi connectivity index (χ0n) is 15.3. The summed E-state index contributed by atoms with van der Waals surface area (Å²) in [6, 6.07) is 12.7. The third-order valence-electron chi connectivity index (χ3n) is 3.98. The van der Waals surface area contributed by atoms with Crippen LogP contribution in [0.1, 0.15) is 11.3 Å². The zero-order chi connectivity index (χ0) is 21.0. The number of nitrogens with one attached hydrogen (secondary N) is 1. The average molecular weight is 484 g/mol. The van der Waals surface area contributed by atoms with Crippen molar-refractivity contribution in [2.24, 2.45) is 0 Å². The molecule has 3 aromatic rings. The largest absolute Gasteiger partial charge is 0.418 e. The molecule has 0 radical (unpaired) electrons. The molecule has 0 aliphatic heterocycles. The molecule has 0 fully saturated rings. The van der Waals surface area contributed by atoms with E-state index >= 15 is 0 Å². The van der Waals surface area contributed by atoms with E-state index in [4.69, 9.17) is 0 Å². The Morgan fingerprint density at radius 1 is 1.21 bits per heavy atom. The minimum atomic E-state index is -4.53. The number of amides is 1. The summed E-state index contributed by atoms with van der Waals surface area (Å²) < 4.78 is 40.1. The van der Waals surface area contributed by atoms with Crippen molar-refractivity contribution in [1.82, 2.24) is 9.88 Å². The number of carbonyl (C=O) groups is 1. The van der Waals surface area contributed by atoms with E-state index in [9.17, 15) is 18.0 Å². The smallest absolute Gasteiger partial charge is 0.324 e. The fraction of sp³-hybridized carbons (Fsp3) is 0.200. The highest BCUT2D eigenvalue weighted by Gasteiger charge is 2.33. The van der Waals surface area contributed by atoms with Crippen molar-refractivity contribution in [3.8, 4) is 10.6 Å². The van der Waals surface area contributed by atoms with Gasteiger partial charge in [0.1, 0.15) is 5.01 Å². The first-order chi connectivity index (χ1) is 13.7. The molecule has 0 bridgehead atoms. The monoisotopic (exact) mass is 483 g/mol. The number of thiazole rings is 1. The number of hydrogen-bond donors (Lipinski definition) is 1. The lowest BCUT2D eigenvalue weighted by atomic mass is 10.1. The number of alkyl halides is 3. The molecular weight excluding hydrogens is 467 g/mol. The predicted molar refractivity (Wildman–Crippen MR) is 112 cm³/mol. The van der Waals surface area contributed by atoms with Gasteiger partial charge in [0.2, 0.25) is 5.91 Å². The van der Waals surface area contributed by atoms with E-state index in [0.717, 1.165) is 26.8 Å². The molecule has 1 aromatic heterocycles. The van der Waals surface area contributed by atoms with Gasteiger partial charge in [0.25, 0.3) is 0 Å². The average Bonchev–Trinajstić information content (AvgIpc) is 3.09. The predicted octanol–water partition coefficient (Wildman–Crippen LogP) is 5.66. The molecular formula is C20H17BrF3N3OS. The summed E-state index contributed by atoms with van der Waals surface area (Å²) in [6.45, 7) is 0.342. The van der Waals surface area contributed by atoms with Crippen LogP contribution in [-0.4, -0.2) is 29.4 Å². The lowest BCUT2D eigenvalue weighted by molar-refractivity contribution is -0.137. The van der Waals surface area contributed by atoms with Gasteiger partial charge in [-0.15, -0.1) is 11.3 Å². The van der Waals surface area contributed by atoms with Crippen molar-refractivity contribution in [1.29, 1.82) is 0 Å². The first kappa shape index (κ1) is 21.5. The van der Waals surface area contributed by atoms with Gasteiger partial charge in [-0.05, 0) is 31.3 Å². The van der Waals surface area contributed by atoms with Crippen LogP contribution in [0.25, 0.3) is 10.6 Å². The van der Waals surface area contributed by atoms with Crippen molar-refractivity contribution in [2.45, 2.75) is 12.7 Å². The van der Waals surface area contributed by atoms with Crippen LogP contribution in [0.2, 0.25) is 0 Å². The summed E-state index contributed by atoms with van der Waals surface area (Å²) in [6.07, 6.45) is -4.53. The maximum atomic E-state index is 13.0. The second-order valence-electron chi connectivity index (χ2n) is 6.42.